The Kier molecular flexibility index (Phi) is 3.45. The van der Waals surface area contributed by atoms with Gasteiger partial charge in [0.1, 0.15) is 0 Å². The standard InChI is InChI=1S/C15H12Cl2N2/c16-12-6-7-13-14(10-12)19(15(17)18-13)9-8-11-4-2-1-3-5-11/h1-7,10H,8-9H2. The maximum Gasteiger partial charge on any atom is 0.203 e. The van der Waals surface area contributed by atoms with E-state index in [0.717, 1.165) is 24.0 Å². The molecule has 3 rings (SSSR count). The minimum atomic E-state index is 0.508. The van der Waals surface area contributed by atoms with Crippen LogP contribution in [0, 0.1) is 0 Å². The minimum absolute atomic E-state index is 0.508. The number of rotatable bonds is 3. The van der Waals surface area contributed by atoms with Gasteiger partial charge >= 0.3 is 0 Å². The molecule has 0 N–H and O–H groups in total. The number of nitrogens with zero attached hydrogens (tertiary/aromatic N) is 2. The molecule has 0 aliphatic rings. The Balaban J connectivity index is 1.92. The second-order valence-electron chi connectivity index (χ2n) is 4.40. The van der Waals surface area contributed by atoms with Crippen LogP contribution in [0.5, 0.6) is 0 Å². The van der Waals surface area contributed by atoms with E-state index in [0.29, 0.717) is 10.3 Å². The van der Waals surface area contributed by atoms with Gasteiger partial charge in [-0.05, 0) is 41.8 Å². The number of aryl methyl sites for hydroxylation is 2. The lowest BCUT2D eigenvalue weighted by Gasteiger charge is -2.06. The average Bonchev–Trinajstić information content (AvgIpc) is 2.73. The zero-order valence-corrected chi connectivity index (χ0v) is 11.7. The molecular weight excluding hydrogens is 279 g/mol. The third-order valence-electron chi connectivity index (χ3n) is 3.13. The van der Waals surface area contributed by atoms with Gasteiger partial charge in [-0.3, -0.25) is 0 Å². The van der Waals surface area contributed by atoms with Gasteiger partial charge in [0.2, 0.25) is 5.28 Å². The molecule has 1 aromatic heterocycles. The lowest BCUT2D eigenvalue weighted by molar-refractivity contribution is 0.717. The fourth-order valence-electron chi connectivity index (χ4n) is 2.16. The van der Waals surface area contributed by atoms with Gasteiger partial charge < -0.3 is 4.57 Å². The predicted octanol–water partition coefficient (Wildman–Crippen LogP) is 4.59. The molecule has 0 radical (unpaired) electrons. The summed E-state index contributed by atoms with van der Waals surface area (Å²) >= 11 is 12.2. The fourth-order valence-corrected chi connectivity index (χ4v) is 2.60. The molecular formula is C15H12Cl2N2. The Labute approximate surface area is 121 Å². The highest BCUT2D eigenvalue weighted by atomic mass is 35.5. The third-order valence-corrected chi connectivity index (χ3v) is 3.65. The van der Waals surface area contributed by atoms with E-state index in [2.05, 4.69) is 17.1 Å². The Bertz CT molecular complexity index is 705. The first-order valence-corrected chi connectivity index (χ1v) is 6.85. The van der Waals surface area contributed by atoms with Crippen molar-refractivity contribution in [1.82, 2.24) is 9.55 Å². The fraction of sp³-hybridized carbons (Fsp3) is 0.133. The summed E-state index contributed by atoms with van der Waals surface area (Å²) in [6.45, 7) is 0.791. The SMILES string of the molecule is Clc1ccc2nc(Cl)n(CCc3ccccc3)c2c1. The smallest absolute Gasteiger partial charge is 0.203 e. The Morgan fingerprint density at radius 2 is 1.79 bits per heavy atom. The van der Waals surface area contributed by atoms with Crippen LogP contribution in [0.4, 0.5) is 0 Å². The van der Waals surface area contributed by atoms with Crippen LogP contribution in [0.3, 0.4) is 0 Å². The molecule has 0 fully saturated rings. The number of imidazole rings is 1. The van der Waals surface area contributed by atoms with Gasteiger partial charge in [0.05, 0.1) is 11.0 Å². The molecule has 3 aromatic rings. The van der Waals surface area contributed by atoms with Gasteiger partial charge in [-0.15, -0.1) is 0 Å². The second-order valence-corrected chi connectivity index (χ2v) is 5.18. The molecule has 0 aliphatic carbocycles. The molecule has 0 unspecified atom stereocenters. The van der Waals surface area contributed by atoms with Crippen LogP contribution in [-0.2, 0) is 13.0 Å². The first-order chi connectivity index (χ1) is 9.24. The Morgan fingerprint density at radius 3 is 2.58 bits per heavy atom. The molecule has 0 saturated carbocycles. The number of benzene rings is 2. The molecule has 0 atom stereocenters. The molecule has 1 heterocycles. The van der Waals surface area contributed by atoms with Gasteiger partial charge in [-0.25, -0.2) is 4.98 Å². The van der Waals surface area contributed by atoms with Crippen molar-refractivity contribution in [3.8, 4) is 0 Å². The van der Waals surface area contributed by atoms with Crippen molar-refractivity contribution in [2.75, 3.05) is 0 Å². The van der Waals surface area contributed by atoms with Crippen molar-refractivity contribution in [1.29, 1.82) is 0 Å². The first kappa shape index (κ1) is 12.5. The van der Waals surface area contributed by atoms with E-state index in [1.807, 2.05) is 41.0 Å². The molecule has 4 heteroatoms. The van der Waals surface area contributed by atoms with Crippen molar-refractivity contribution in [2.24, 2.45) is 0 Å². The van der Waals surface area contributed by atoms with E-state index in [1.165, 1.54) is 5.56 Å². The van der Waals surface area contributed by atoms with Crippen molar-refractivity contribution in [3.63, 3.8) is 0 Å². The highest BCUT2D eigenvalue weighted by Crippen LogP contribution is 2.23. The van der Waals surface area contributed by atoms with Crippen molar-refractivity contribution < 1.29 is 0 Å². The number of hydrogen-bond donors (Lipinski definition) is 0. The van der Waals surface area contributed by atoms with Crippen molar-refractivity contribution in [2.45, 2.75) is 13.0 Å². The van der Waals surface area contributed by atoms with Crippen LogP contribution in [0.25, 0.3) is 11.0 Å². The predicted molar refractivity (Wildman–Crippen MR) is 79.9 cm³/mol. The largest absolute Gasteiger partial charge is 0.314 e. The summed E-state index contributed by atoms with van der Waals surface area (Å²) in [5.41, 5.74) is 3.14. The van der Waals surface area contributed by atoms with Crippen LogP contribution in [0.15, 0.2) is 48.5 Å². The van der Waals surface area contributed by atoms with Crippen molar-refractivity contribution in [3.05, 3.63) is 64.4 Å². The molecule has 19 heavy (non-hydrogen) atoms. The summed E-state index contributed by atoms with van der Waals surface area (Å²) in [6.07, 6.45) is 0.915. The number of halogens is 2. The first-order valence-electron chi connectivity index (χ1n) is 6.09. The van der Waals surface area contributed by atoms with Crippen molar-refractivity contribution >= 4 is 34.2 Å². The summed E-state index contributed by atoms with van der Waals surface area (Å²) < 4.78 is 2.00. The molecule has 0 amide bonds. The Hall–Kier alpha value is -1.51. The van der Waals surface area contributed by atoms with Gasteiger partial charge in [-0.1, -0.05) is 41.9 Å². The van der Waals surface area contributed by atoms with Gasteiger partial charge in [0, 0.05) is 11.6 Å². The van der Waals surface area contributed by atoms with E-state index >= 15 is 0 Å². The normalized spacial score (nSPS) is 11.1. The quantitative estimate of drug-likeness (QED) is 0.690. The maximum atomic E-state index is 6.19. The average molecular weight is 291 g/mol. The van der Waals surface area contributed by atoms with E-state index in [-0.39, 0.29) is 0 Å². The van der Waals surface area contributed by atoms with Crippen LogP contribution in [0.2, 0.25) is 10.3 Å². The summed E-state index contributed by atoms with van der Waals surface area (Å²) in [5, 5.41) is 1.21. The zero-order chi connectivity index (χ0) is 13.2. The van der Waals surface area contributed by atoms with Gasteiger partial charge in [0.25, 0.3) is 0 Å². The van der Waals surface area contributed by atoms with Gasteiger partial charge in [0.15, 0.2) is 0 Å². The van der Waals surface area contributed by atoms with Crippen LogP contribution in [0.1, 0.15) is 5.56 Å². The summed E-state index contributed by atoms with van der Waals surface area (Å²) in [5.74, 6) is 0. The highest BCUT2D eigenvalue weighted by Gasteiger charge is 2.09. The van der Waals surface area contributed by atoms with Gasteiger partial charge in [-0.2, -0.15) is 0 Å². The zero-order valence-electron chi connectivity index (χ0n) is 10.2. The lowest BCUT2D eigenvalue weighted by Crippen LogP contribution is -2.01. The monoisotopic (exact) mass is 290 g/mol. The van der Waals surface area contributed by atoms with Crippen LogP contribution < -0.4 is 0 Å². The van der Waals surface area contributed by atoms with E-state index in [9.17, 15) is 0 Å². The third kappa shape index (κ3) is 2.60. The van der Waals surface area contributed by atoms with E-state index < -0.39 is 0 Å². The highest BCUT2D eigenvalue weighted by molar-refractivity contribution is 6.31. The molecule has 0 spiro atoms. The summed E-state index contributed by atoms with van der Waals surface area (Å²) in [4.78, 5) is 4.34. The molecule has 2 nitrogen and oxygen atoms in total. The topological polar surface area (TPSA) is 17.8 Å². The minimum Gasteiger partial charge on any atom is -0.314 e. The molecule has 0 saturated heterocycles. The van der Waals surface area contributed by atoms with Crippen LogP contribution in [-0.4, -0.2) is 9.55 Å². The number of hydrogen-bond acceptors (Lipinski definition) is 1. The summed E-state index contributed by atoms with van der Waals surface area (Å²) in [6, 6.07) is 15.9. The molecule has 96 valence electrons. The second kappa shape index (κ2) is 5.24. The number of fused-ring (bicyclic) bond motifs is 1. The number of aromatic nitrogens is 2. The summed E-state index contributed by atoms with van der Waals surface area (Å²) in [7, 11) is 0. The maximum absolute atomic E-state index is 6.19. The van der Waals surface area contributed by atoms with Crippen LogP contribution >= 0.6 is 23.2 Å². The lowest BCUT2D eigenvalue weighted by atomic mass is 10.1. The molecule has 0 bridgehead atoms. The molecule has 0 aliphatic heterocycles. The van der Waals surface area contributed by atoms with E-state index in [4.69, 9.17) is 23.2 Å². The Morgan fingerprint density at radius 1 is 1.00 bits per heavy atom. The van der Waals surface area contributed by atoms with E-state index in [1.54, 1.807) is 0 Å². The molecule has 2 aromatic carbocycles.